The first-order valence-corrected chi connectivity index (χ1v) is 7.89. The Bertz CT molecular complexity index is 599. The second-order valence-corrected chi connectivity index (χ2v) is 7.03. The number of rotatable bonds is 2. The normalized spacial score (nSPS) is 10.6. The van der Waals surface area contributed by atoms with Crippen LogP contribution in [-0.4, -0.2) is 24.0 Å². The van der Waals surface area contributed by atoms with Crippen LogP contribution in [-0.2, 0) is 4.79 Å². The van der Waals surface area contributed by atoms with Crippen LogP contribution in [0.2, 0.25) is 0 Å². The lowest BCUT2D eigenvalue weighted by atomic mass is 9.96. The first-order valence-electron chi connectivity index (χ1n) is 6.40. The molecule has 0 aliphatic heterocycles. The monoisotopic (exact) mass is 435 g/mol. The Balaban J connectivity index is 2.58. The van der Waals surface area contributed by atoms with E-state index in [4.69, 9.17) is 17.0 Å². The molecule has 0 spiro atoms. The van der Waals surface area contributed by atoms with Gasteiger partial charge in [0, 0.05) is 11.0 Å². The van der Waals surface area contributed by atoms with Gasteiger partial charge in [0.1, 0.15) is 5.75 Å². The van der Waals surface area contributed by atoms with Gasteiger partial charge in [-0.15, -0.1) is 0 Å². The molecule has 1 aromatic rings. The first-order chi connectivity index (χ1) is 10.1. The van der Waals surface area contributed by atoms with Gasteiger partial charge in [-0.3, -0.25) is 20.4 Å². The number of ether oxygens (including phenoxy) is 1. The molecule has 0 fully saturated rings. The zero-order valence-corrected chi connectivity index (χ0v) is 15.7. The SMILES string of the molecule is COc1ccc(C(=O)NNC(=S)NC(=O)C(C)(C)C)cc1I. The van der Waals surface area contributed by atoms with Crippen molar-refractivity contribution in [3.63, 3.8) is 0 Å². The number of hydrazine groups is 1. The lowest BCUT2D eigenvalue weighted by Crippen LogP contribution is -2.50. The van der Waals surface area contributed by atoms with Crippen molar-refractivity contribution in [3.8, 4) is 5.75 Å². The predicted octanol–water partition coefficient (Wildman–Crippen LogP) is 1.98. The van der Waals surface area contributed by atoms with Crippen molar-refractivity contribution in [1.29, 1.82) is 0 Å². The van der Waals surface area contributed by atoms with Crippen LogP contribution in [0.1, 0.15) is 31.1 Å². The first kappa shape index (κ1) is 18.6. The predicted molar refractivity (Wildman–Crippen MR) is 96.5 cm³/mol. The molecule has 2 amide bonds. The third kappa shape index (κ3) is 5.41. The summed E-state index contributed by atoms with van der Waals surface area (Å²) in [4.78, 5) is 23.7. The molecule has 0 saturated heterocycles. The number of carbonyl (C=O) groups excluding carboxylic acids is 2. The number of benzene rings is 1. The van der Waals surface area contributed by atoms with Crippen LogP contribution >= 0.6 is 34.8 Å². The van der Waals surface area contributed by atoms with Gasteiger partial charge < -0.3 is 10.1 Å². The van der Waals surface area contributed by atoms with Crippen molar-refractivity contribution < 1.29 is 14.3 Å². The maximum Gasteiger partial charge on any atom is 0.269 e. The number of halogens is 1. The molecular weight excluding hydrogens is 417 g/mol. The van der Waals surface area contributed by atoms with E-state index < -0.39 is 5.41 Å². The second kappa shape index (κ2) is 7.73. The van der Waals surface area contributed by atoms with E-state index in [2.05, 4.69) is 38.8 Å². The smallest absolute Gasteiger partial charge is 0.269 e. The van der Waals surface area contributed by atoms with Gasteiger partial charge in [0.05, 0.1) is 10.7 Å². The third-order valence-corrected chi connectivity index (χ3v) is 3.66. The fourth-order valence-corrected chi connectivity index (χ4v) is 2.19. The van der Waals surface area contributed by atoms with E-state index in [9.17, 15) is 9.59 Å². The molecule has 0 heterocycles. The van der Waals surface area contributed by atoms with Gasteiger partial charge in [-0.2, -0.15) is 0 Å². The molecule has 8 heteroatoms. The summed E-state index contributed by atoms with van der Waals surface area (Å²) in [6, 6.07) is 5.03. The van der Waals surface area contributed by atoms with Gasteiger partial charge in [-0.25, -0.2) is 0 Å². The average Bonchev–Trinajstić information content (AvgIpc) is 2.43. The number of hydrogen-bond donors (Lipinski definition) is 3. The van der Waals surface area contributed by atoms with Gasteiger partial charge in [-0.05, 0) is 53.0 Å². The molecule has 0 saturated carbocycles. The quantitative estimate of drug-likeness (QED) is 0.376. The molecule has 1 rings (SSSR count). The second-order valence-electron chi connectivity index (χ2n) is 5.46. The molecule has 120 valence electrons. The molecule has 0 aliphatic rings. The van der Waals surface area contributed by atoms with Crippen LogP contribution in [0, 0.1) is 8.99 Å². The average molecular weight is 435 g/mol. The van der Waals surface area contributed by atoms with E-state index in [1.165, 1.54) is 0 Å². The Kier molecular flexibility index (Phi) is 6.54. The maximum atomic E-state index is 12.0. The molecule has 0 aliphatic carbocycles. The largest absolute Gasteiger partial charge is 0.496 e. The fraction of sp³-hybridized carbons (Fsp3) is 0.357. The lowest BCUT2D eigenvalue weighted by Gasteiger charge is -2.18. The topological polar surface area (TPSA) is 79.5 Å². The van der Waals surface area contributed by atoms with Crippen molar-refractivity contribution in [2.24, 2.45) is 5.41 Å². The molecule has 1 aromatic carbocycles. The highest BCUT2D eigenvalue weighted by molar-refractivity contribution is 14.1. The lowest BCUT2D eigenvalue weighted by molar-refractivity contribution is -0.126. The Labute approximate surface area is 148 Å². The van der Waals surface area contributed by atoms with Crippen LogP contribution in [0.4, 0.5) is 0 Å². The van der Waals surface area contributed by atoms with E-state index in [0.717, 1.165) is 3.57 Å². The van der Waals surface area contributed by atoms with Crippen LogP contribution in [0.25, 0.3) is 0 Å². The van der Waals surface area contributed by atoms with Gasteiger partial charge >= 0.3 is 0 Å². The molecule has 0 unspecified atom stereocenters. The summed E-state index contributed by atoms with van der Waals surface area (Å²) < 4.78 is 5.95. The minimum atomic E-state index is -0.568. The summed E-state index contributed by atoms with van der Waals surface area (Å²) >= 11 is 7.03. The molecular formula is C14H18IN3O3S. The highest BCUT2D eigenvalue weighted by Crippen LogP contribution is 2.21. The van der Waals surface area contributed by atoms with Crippen molar-refractivity contribution >= 4 is 51.7 Å². The molecule has 0 bridgehead atoms. The fourth-order valence-electron chi connectivity index (χ4n) is 1.32. The Hall–Kier alpha value is -1.42. The van der Waals surface area contributed by atoms with E-state index in [1.807, 2.05) is 0 Å². The minimum absolute atomic E-state index is 0.0384. The highest BCUT2D eigenvalue weighted by atomic mass is 127. The summed E-state index contributed by atoms with van der Waals surface area (Å²) in [5.74, 6) is 0.0873. The number of amides is 2. The molecule has 0 aromatic heterocycles. The van der Waals surface area contributed by atoms with Crippen LogP contribution < -0.4 is 20.9 Å². The summed E-state index contributed by atoms with van der Waals surface area (Å²) in [5.41, 5.74) is 4.81. The minimum Gasteiger partial charge on any atom is -0.496 e. The summed E-state index contributed by atoms with van der Waals surface area (Å²) in [6.45, 7) is 5.30. The highest BCUT2D eigenvalue weighted by Gasteiger charge is 2.22. The molecule has 0 radical (unpaired) electrons. The maximum absolute atomic E-state index is 12.0. The number of methoxy groups -OCH3 is 1. The molecule has 3 N–H and O–H groups in total. The Morgan fingerprint density at radius 2 is 1.86 bits per heavy atom. The van der Waals surface area contributed by atoms with Crippen LogP contribution in [0.5, 0.6) is 5.75 Å². The zero-order valence-electron chi connectivity index (χ0n) is 12.7. The van der Waals surface area contributed by atoms with Gasteiger partial charge in [0.25, 0.3) is 5.91 Å². The van der Waals surface area contributed by atoms with E-state index >= 15 is 0 Å². The van der Waals surface area contributed by atoms with E-state index in [-0.39, 0.29) is 16.9 Å². The molecule has 6 nitrogen and oxygen atoms in total. The van der Waals surface area contributed by atoms with Crippen molar-refractivity contribution in [2.45, 2.75) is 20.8 Å². The number of carbonyl (C=O) groups is 2. The van der Waals surface area contributed by atoms with Crippen LogP contribution in [0.15, 0.2) is 18.2 Å². The van der Waals surface area contributed by atoms with Gasteiger partial charge in [-0.1, -0.05) is 20.8 Å². The number of hydrogen-bond acceptors (Lipinski definition) is 4. The van der Waals surface area contributed by atoms with Crippen molar-refractivity contribution in [1.82, 2.24) is 16.2 Å². The van der Waals surface area contributed by atoms with Gasteiger partial charge in [0.15, 0.2) is 5.11 Å². The number of thiocarbonyl (C=S) groups is 1. The summed E-state index contributed by atoms with van der Waals surface area (Å²) in [5, 5.41) is 2.54. The number of nitrogens with one attached hydrogen (secondary N) is 3. The Morgan fingerprint density at radius 3 is 2.36 bits per heavy atom. The van der Waals surface area contributed by atoms with Gasteiger partial charge in [0.2, 0.25) is 5.91 Å². The van der Waals surface area contributed by atoms with Crippen molar-refractivity contribution in [2.75, 3.05) is 7.11 Å². The van der Waals surface area contributed by atoms with E-state index in [1.54, 1.807) is 46.1 Å². The Morgan fingerprint density at radius 1 is 1.23 bits per heavy atom. The van der Waals surface area contributed by atoms with E-state index in [0.29, 0.717) is 11.3 Å². The van der Waals surface area contributed by atoms with Crippen LogP contribution in [0.3, 0.4) is 0 Å². The third-order valence-electron chi connectivity index (χ3n) is 2.61. The zero-order chi connectivity index (χ0) is 16.9. The summed E-state index contributed by atoms with van der Waals surface area (Å²) in [7, 11) is 1.56. The van der Waals surface area contributed by atoms with Crippen molar-refractivity contribution in [3.05, 3.63) is 27.3 Å². The molecule has 22 heavy (non-hydrogen) atoms. The summed E-state index contributed by atoms with van der Waals surface area (Å²) in [6.07, 6.45) is 0. The standard InChI is InChI=1S/C14H18IN3O3S/c1-14(2,3)12(20)16-13(22)18-17-11(19)8-5-6-10(21-4)9(15)7-8/h5-7H,1-4H3,(H,17,19)(H2,16,18,20,22). The molecule has 0 atom stereocenters.